The largest absolute Gasteiger partial charge is 0.412 e. The van der Waals surface area contributed by atoms with Gasteiger partial charge in [-0.15, -0.1) is 0 Å². The van der Waals surface area contributed by atoms with E-state index in [-0.39, 0.29) is 29.4 Å². The van der Waals surface area contributed by atoms with Crippen molar-refractivity contribution in [2.45, 2.75) is 20.8 Å². The maximum atomic E-state index is 3.25. The molecule has 8 heavy (non-hydrogen) atoms. The quantitative estimate of drug-likeness (QED) is 0.555. The van der Waals surface area contributed by atoms with E-state index in [1.165, 1.54) is 0 Å². The Kier molecular flexibility index (Phi) is 2870. The van der Waals surface area contributed by atoms with Gasteiger partial charge in [-0.25, -0.2) is 0 Å². The fourth-order valence-electron chi connectivity index (χ4n) is 0. The fraction of sp³-hybridized carbons (Fsp3) is 0.500. The van der Waals surface area contributed by atoms with Crippen molar-refractivity contribution in [2.75, 3.05) is 0 Å². The van der Waals surface area contributed by atoms with E-state index in [0.717, 1.165) is 0 Å². The third-order valence-corrected chi connectivity index (χ3v) is 0. The molecule has 0 unspecified atom stereocenters. The third-order valence-electron chi connectivity index (χ3n) is 0. The van der Waals surface area contributed by atoms with Crippen LogP contribution < -0.4 is 0 Å². The monoisotopic (exact) mass is 225 g/mol. The first-order valence-corrected chi connectivity index (χ1v) is 2.12. The first-order chi connectivity index (χ1) is 3.00. The van der Waals surface area contributed by atoms with E-state index in [1.807, 2.05) is 0 Å². The van der Waals surface area contributed by atoms with Crippen LogP contribution >= 0.6 is 0 Å². The van der Waals surface area contributed by atoms with E-state index in [4.69, 9.17) is 0 Å². The standard InChI is InChI=1S/3C2H5.H2O.Sn/c3*1-2;;/h3*1H2,2H3;1H2;. The molecule has 0 amide bonds. The molecule has 0 saturated carbocycles. The fourth-order valence-corrected chi connectivity index (χ4v) is 0. The molecule has 0 aliphatic carbocycles. The predicted molar refractivity (Wildman–Crippen MR) is 42.5 cm³/mol. The molecule has 0 aliphatic rings. The zero-order valence-electron chi connectivity index (χ0n) is 6.12. The Balaban J connectivity index is -0.00000000500. The number of rotatable bonds is 0. The van der Waals surface area contributed by atoms with Crippen molar-refractivity contribution in [3.63, 3.8) is 0 Å². The van der Waals surface area contributed by atoms with Crippen molar-refractivity contribution < 1.29 is 5.48 Å². The van der Waals surface area contributed by atoms with Crippen molar-refractivity contribution in [3.8, 4) is 0 Å². The Bertz CT molecular complexity index is 8.49. The molecule has 0 bridgehead atoms. The summed E-state index contributed by atoms with van der Waals surface area (Å²) in [6.07, 6.45) is 0. The van der Waals surface area contributed by atoms with Crippen molar-refractivity contribution in [1.82, 2.24) is 0 Å². The molecule has 0 heterocycles. The van der Waals surface area contributed by atoms with E-state index < -0.39 is 0 Å². The second-order valence-electron chi connectivity index (χ2n) is 0. The molecule has 2 N–H and O–H groups in total. The van der Waals surface area contributed by atoms with Gasteiger partial charge in [0.25, 0.3) is 0 Å². The van der Waals surface area contributed by atoms with Gasteiger partial charge in [0.1, 0.15) is 0 Å². The molecule has 0 fully saturated rings. The first-order valence-electron chi connectivity index (χ1n) is 2.12. The predicted octanol–water partition coefficient (Wildman–Crippen LogP) is 1.32. The van der Waals surface area contributed by atoms with Crippen LogP contribution in [-0.2, 0) is 0 Å². The minimum atomic E-state index is 0. The van der Waals surface area contributed by atoms with Crippen molar-refractivity contribution >= 4 is 23.9 Å². The molecule has 2 heteroatoms. The minimum Gasteiger partial charge on any atom is -0.412 e. The molecule has 1 nitrogen and oxygen atoms in total. The summed E-state index contributed by atoms with van der Waals surface area (Å²) in [5.74, 6) is 0. The smallest absolute Gasteiger partial charge is 0 e. The molecule has 0 spiro atoms. The second kappa shape index (κ2) is 616. The molecular formula is C6H17OSn. The molecule has 0 rings (SSSR count). The van der Waals surface area contributed by atoms with Crippen LogP contribution in [0.15, 0.2) is 0 Å². The van der Waals surface area contributed by atoms with Gasteiger partial charge in [-0.2, -0.15) is 0 Å². The summed E-state index contributed by atoms with van der Waals surface area (Å²) in [5, 5.41) is 0. The van der Waals surface area contributed by atoms with Gasteiger partial charge in [0.2, 0.25) is 0 Å². The molecule has 0 aliphatic heterocycles. The summed E-state index contributed by atoms with van der Waals surface area (Å²) in [6.45, 7) is 15.0. The average Bonchev–Trinajstić information content (AvgIpc) is 1.81. The minimum absolute atomic E-state index is 0. The van der Waals surface area contributed by atoms with Crippen molar-refractivity contribution in [2.24, 2.45) is 0 Å². The van der Waals surface area contributed by atoms with Gasteiger partial charge >= 0.3 is 0 Å². The van der Waals surface area contributed by atoms with Crippen molar-refractivity contribution in [1.29, 1.82) is 0 Å². The van der Waals surface area contributed by atoms with E-state index in [1.54, 1.807) is 20.8 Å². The first kappa shape index (κ1) is 37.3. The zero-order valence-corrected chi connectivity index (χ0v) is 8.98. The van der Waals surface area contributed by atoms with Crippen LogP contribution in [0.5, 0.6) is 0 Å². The second-order valence-corrected chi connectivity index (χ2v) is 0. The van der Waals surface area contributed by atoms with Crippen LogP contribution in [-0.4, -0.2) is 29.4 Å². The average molecular weight is 224 g/mol. The van der Waals surface area contributed by atoms with E-state index in [2.05, 4.69) is 20.8 Å². The van der Waals surface area contributed by atoms with Gasteiger partial charge in [-0.05, 0) is 0 Å². The van der Waals surface area contributed by atoms with Crippen LogP contribution in [0.4, 0.5) is 0 Å². The van der Waals surface area contributed by atoms with Crippen LogP contribution in [0, 0.1) is 20.8 Å². The maximum absolute atomic E-state index is 3.25. The topological polar surface area (TPSA) is 31.5 Å². The molecule has 51 valence electrons. The maximum Gasteiger partial charge on any atom is 0 e. The Morgan fingerprint density at radius 2 is 0.625 bits per heavy atom. The number of hydrogen-bond acceptors (Lipinski definition) is 0. The summed E-state index contributed by atoms with van der Waals surface area (Å²) in [7, 11) is 0. The van der Waals surface area contributed by atoms with E-state index >= 15 is 0 Å². The van der Waals surface area contributed by atoms with E-state index in [0.29, 0.717) is 0 Å². The normalized spacial score (nSPS) is 2.25. The van der Waals surface area contributed by atoms with Crippen LogP contribution in [0.2, 0.25) is 0 Å². The Hall–Kier alpha value is 0.759. The van der Waals surface area contributed by atoms with Crippen LogP contribution in [0.3, 0.4) is 0 Å². The Morgan fingerprint density at radius 3 is 0.625 bits per heavy atom. The Morgan fingerprint density at radius 1 is 0.625 bits per heavy atom. The summed E-state index contributed by atoms with van der Waals surface area (Å²) in [5.41, 5.74) is 0. The molecular weight excluding hydrogens is 207 g/mol. The van der Waals surface area contributed by atoms with Gasteiger partial charge < -0.3 is 5.48 Å². The van der Waals surface area contributed by atoms with Gasteiger partial charge in [0.05, 0.1) is 0 Å². The summed E-state index contributed by atoms with van der Waals surface area (Å²) >= 11 is 0. The molecule has 0 aromatic carbocycles. The van der Waals surface area contributed by atoms with Crippen molar-refractivity contribution in [3.05, 3.63) is 20.8 Å². The summed E-state index contributed by atoms with van der Waals surface area (Å²) < 4.78 is 0. The SMILES string of the molecule is O.[CH2]C.[CH2]C.[CH2]C.[Sn]. The molecule has 0 aromatic heterocycles. The van der Waals surface area contributed by atoms with Crippen LogP contribution in [0.25, 0.3) is 0 Å². The third kappa shape index (κ3) is 389. The molecule has 7 radical (unpaired) electrons. The van der Waals surface area contributed by atoms with Gasteiger partial charge in [-0.3, -0.25) is 0 Å². The zero-order chi connectivity index (χ0) is 6.00. The Labute approximate surface area is 71.1 Å². The van der Waals surface area contributed by atoms with Gasteiger partial charge in [0, 0.05) is 23.9 Å². The summed E-state index contributed by atoms with van der Waals surface area (Å²) in [4.78, 5) is 0. The van der Waals surface area contributed by atoms with Gasteiger partial charge in [-0.1, -0.05) is 41.5 Å². The molecule has 0 atom stereocenters. The summed E-state index contributed by atoms with van der Waals surface area (Å²) in [6, 6.07) is 0. The van der Waals surface area contributed by atoms with E-state index in [9.17, 15) is 0 Å². The molecule has 0 saturated heterocycles. The number of hydrogen-bond donors (Lipinski definition) is 0. The van der Waals surface area contributed by atoms with Crippen LogP contribution in [0.1, 0.15) is 20.8 Å². The van der Waals surface area contributed by atoms with Gasteiger partial charge in [0.15, 0.2) is 0 Å². The molecule has 0 aromatic rings.